The molecule has 1 aliphatic rings. The van der Waals surface area contributed by atoms with Crippen LogP contribution in [-0.2, 0) is 14.9 Å². The lowest BCUT2D eigenvalue weighted by atomic mass is 10.2. The fourth-order valence-electron chi connectivity index (χ4n) is 2.17. The summed E-state index contributed by atoms with van der Waals surface area (Å²) in [6, 6.07) is 4.19. The Kier molecular flexibility index (Phi) is 4.88. The second-order valence-corrected chi connectivity index (χ2v) is 7.06. The van der Waals surface area contributed by atoms with E-state index in [0.717, 1.165) is 17.9 Å². The van der Waals surface area contributed by atoms with Crippen LogP contribution in [0, 0.1) is 0 Å². The molecule has 1 saturated heterocycles. The molecule has 1 fully saturated rings. The number of halogens is 1. The smallest absolute Gasteiger partial charge is 0.274 e. The van der Waals surface area contributed by atoms with E-state index < -0.39 is 15.9 Å². The van der Waals surface area contributed by atoms with Crippen molar-refractivity contribution in [2.24, 2.45) is 0 Å². The van der Waals surface area contributed by atoms with Crippen molar-refractivity contribution in [2.45, 2.75) is 17.7 Å². The van der Waals surface area contributed by atoms with Gasteiger partial charge in [-0.1, -0.05) is 11.6 Å². The second-order valence-electron chi connectivity index (χ2n) is 4.74. The molecule has 116 valence electrons. The monoisotopic (exact) mass is 332 g/mol. The maximum Gasteiger partial charge on any atom is 0.277 e. The summed E-state index contributed by atoms with van der Waals surface area (Å²) in [6.07, 6.45) is 1.67. The van der Waals surface area contributed by atoms with Gasteiger partial charge >= 0.3 is 0 Å². The number of sulfonamides is 1. The molecule has 6 nitrogen and oxygen atoms in total. The summed E-state index contributed by atoms with van der Waals surface area (Å²) in [5.41, 5.74) is 0.210. The molecule has 8 heteroatoms. The molecular weight excluding hydrogens is 316 g/mol. The molecule has 0 saturated carbocycles. The minimum atomic E-state index is -3.67. The molecule has 0 aliphatic carbocycles. The number of hydrogen-bond donors (Lipinski definition) is 0. The Balaban J connectivity index is 2.42. The lowest BCUT2D eigenvalue weighted by Gasteiger charge is -2.18. The predicted octanol–water partition coefficient (Wildman–Crippen LogP) is 1.76. The minimum Gasteiger partial charge on any atom is -0.274 e. The molecule has 0 atom stereocenters. The average molecular weight is 333 g/mol. The van der Waals surface area contributed by atoms with Crippen molar-refractivity contribution >= 4 is 27.5 Å². The standard InChI is InChI=1S/C13H17ClN2O4S/c1-15(20-2)13(17)10-5-6-11(14)12(9-10)21(18,19)16-7-3-4-8-16/h5-6,9H,3-4,7-8H2,1-2H3. The topological polar surface area (TPSA) is 66.9 Å². The summed E-state index contributed by atoms with van der Waals surface area (Å²) in [5, 5.41) is 1.13. The first-order chi connectivity index (χ1) is 9.87. The van der Waals surface area contributed by atoms with Crippen LogP contribution < -0.4 is 0 Å². The highest BCUT2D eigenvalue weighted by molar-refractivity contribution is 7.89. The average Bonchev–Trinajstić information content (AvgIpc) is 3.01. The van der Waals surface area contributed by atoms with E-state index in [0.29, 0.717) is 13.1 Å². The molecule has 1 aromatic carbocycles. The van der Waals surface area contributed by atoms with E-state index in [1.54, 1.807) is 0 Å². The zero-order valence-electron chi connectivity index (χ0n) is 11.9. The number of benzene rings is 1. The van der Waals surface area contributed by atoms with Gasteiger partial charge in [-0.25, -0.2) is 13.5 Å². The number of carbonyl (C=O) groups is 1. The van der Waals surface area contributed by atoms with E-state index in [-0.39, 0.29) is 15.5 Å². The van der Waals surface area contributed by atoms with Crippen LogP contribution in [0.15, 0.2) is 23.1 Å². The van der Waals surface area contributed by atoms with Crippen molar-refractivity contribution in [2.75, 3.05) is 27.2 Å². The zero-order valence-corrected chi connectivity index (χ0v) is 13.4. The highest BCUT2D eigenvalue weighted by Crippen LogP contribution is 2.28. The lowest BCUT2D eigenvalue weighted by Crippen LogP contribution is -2.29. The third-order valence-corrected chi connectivity index (χ3v) is 5.80. The van der Waals surface area contributed by atoms with E-state index >= 15 is 0 Å². The molecule has 0 spiro atoms. The molecule has 2 rings (SSSR count). The molecule has 1 aromatic rings. The minimum absolute atomic E-state index is 0.0404. The Hall–Kier alpha value is -1.15. The Bertz CT molecular complexity index is 642. The van der Waals surface area contributed by atoms with E-state index in [2.05, 4.69) is 0 Å². The van der Waals surface area contributed by atoms with Gasteiger partial charge in [0, 0.05) is 25.7 Å². The summed E-state index contributed by atoms with van der Waals surface area (Å²) in [6.45, 7) is 0.962. The van der Waals surface area contributed by atoms with Gasteiger partial charge in [0.1, 0.15) is 4.90 Å². The zero-order chi connectivity index (χ0) is 15.6. The van der Waals surface area contributed by atoms with Gasteiger partial charge < -0.3 is 0 Å². The fourth-order valence-corrected chi connectivity index (χ4v) is 4.18. The van der Waals surface area contributed by atoms with Crippen molar-refractivity contribution in [3.05, 3.63) is 28.8 Å². The Labute approximate surface area is 129 Å². The number of nitrogens with zero attached hydrogens (tertiary/aromatic N) is 2. The summed E-state index contributed by atoms with van der Waals surface area (Å²) >= 11 is 6.02. The predicted molar refractivity (Wildman–Crippen MR) is 78.5 cm³/mol. The normalized spacial score (nSPS) is 16.1. The molecule has 0 radical (unpaired) electrons. The largest absolute Gasteiger partial charge is 0.277 e. The highest BCUT2D eigenvalue weighted by Gasteiger charge is 2.30. The van der Waals surface area contributed by atoms with Gasteiger partial charge in [-0.2, -0.15) is 4.31 Å². The Morgan fingerprint density at radius 2 is 1.95 bits per heavy atom. The van der Waals surface area contributed by atoms with E-state index in [4.69, 9.17) is 16.4 Å². The maximum atomic E-state index is 12.6. The van der Waals surface area contributed by atoms with Crippen LogP contribution in [0.3, 0.4) is 0 Å². The van der Waals surface area contributed by atoms with Crippen molar-refractivity contribution in [3.63, 3.8) is 0 Å². The molecular formula is C13H17ClN2O4S. The highest BCUT2D eigenvalue weighted by atomic mass is 35.5. The number of hydrogen-bond acceptors (Lipinski definition) is 4. The van der Waals surface area contributed by atoms with Crippen molar-refractivity contribution in [1.29, 1.82) is 0 Å². The van der Waals surface area contributed by atoms with Crippen LogP contribution in [0.1, 0.15) is 23.2 Å². The summed E-state index contributed by atoms with van der Waals surface area (Å²) < 4.78 is 26.5. The third-order valence-electron chi connectivity index (χ3n) is 3.42. The maximum absolute atomic E-state index is 12.6. The molecule has 1 aliphatic heterocycles. The number of carbonyl (C=O) groups excluding carboxylic acids is 1. The first-order valence-corrected chi connectivity index (χ1v) is 8.31. The summed E-state index contributed by atoms with van der Waals surface area (Å²) in [7, 11) is -0.861. The van der Waals surface area contributed by atoms with E-state index in [9.17, 15) is 13.2 Å². The molecule has 0 aromatic heterocycles. The number of rotatable bonds is 4. The first kappa shape index (κ1) is 16.2. The van der Waals surface area contributed by atoms with Crippen molar-refractivity contribution < 1.29 is 18.0 Å². The van der Waals surface area contributed by atoms with Crippen molar-refractivity contribution in [3.8, 4) is 0 Å². The van der Waals surface area contributed by atoms with E-state index in [1.807, 2.05) is 0 Å². The van der Waals surface area contributed by atoms with Gasteiger partial charge in [-0.3, -0.25) is 9.63 Å². The fraction of sp³-hybridized carbons (Fsp3) is 0.462. The van der Waals surface area contributed by atoms with Gasteiger partial charge in [-0.15, -0.1) is 0 Å². The van der Waals surface area contributed by atoms with Gasteiger partial charge in [0.15, 0.2) is 0 Å². The molecule has 0 N–H and O–H groups in total. The van der Waals surface area contributed by atoms with Crippen molar-refractivity contribution in [1.82, 2.24) is 9.37 Å². The van der Waals surface area contributed by atoms with Crippen LogP contribution in [0.2, 0.25) is 5.02 Å². The second kappa shape index (κ2) is 6.31. The molecule has 0 bridgehead atoms. The summed E-state index contributed by atoms with van der Waals surface area (Å²) in [4.78, 5) is 16.8. The van der Waals surface area contributed by atoms with Crippen LogP contribution in [0.25, 0.3) is 0 Å². The number of hydroxylamine groups is 2. The molecule has 1 amide bonds. The third kappa shape index (κ3) is 3.21. The van der Waals surface area contributed by atoms with Gasteiger partial charge in [0.25, 0.3) is 5.91 Å². The lowest BCUT2D eigenvalue weighted by molar-refractivity contribution is -0.0757. The quantitative estimate of drug-likeness (QED) is 0.788. The molecule has 0 unspecified atom stereocenters. The molecule has 21 heavy (non-hydrogen) atoms. The van der Waals surface area contributed by atoms with Gasteiger partial charge in [0.05, 0.1) is 12.1 Å². The van der Waals surface area contributed by atoms with Gasteiger partial charge in [-0.05, 0) is 31.0 Å². The Morgan fingerprint density at radius 1 is 1.33 bits per heavy atom. The number of amides is 1. The first-order valence-electron chi connectivity index (χ1n) is 6.50. The van der Waals surface area contributed by atoms with Crippen LogP contribution in [-0.4, -0.2) is 50.9 Å². The van der Waals surface area contributed by atoms with Crippen LogP contribution in [0.5, 0.6) is 0 Å². The van der Waals surface area contributed by atoms with Crippen LogP contribution >= 0.6 is 11.6 Å². The molecule has 1 heterocycles. The SMILES string of the molecule is CON(C)C(=O)c1ccc(Cl)c(S(=O)(=O)N2CCCC2)c1. The van der Waals surface area contributed by atoms with Gasteiger partial charge in [0.2, 0.25) is 10.0 Å². The Morgan fingerprint density at radius 3 is 2.52 bits per heavy atom. The van der Waals surface area contributed by atoms with Crippen LogP contribution in [0.4, 0.5) is 0 Å². The summed E-state index contributed by atoms with van der Waals surface area (Å²) in [5.74, 6) is -0.438. The van der Waals surface area contributed by atoms with E-state index in [1.165, 1.54) is 36.7 Å².